The number of carbonyl (C=O) groups excluding carboxylic acids is 1. The maximum atomic E-state index is 11.6. The Morgan fingerprint density at radius 2 is 2.31 bits per heavy atom. The van der Waals surface area contributed by atoms with E-state index in [2.05, 4.69) is 26.2 Å². The van der Waals surface area contributed by atoms with Gasteiger partial charge in [-0.2, -0.15) is 0 Å². The molecule has 1 aromatic heterocycles. The number of aryl methyl sites for hydroxylation is 1. The number of unbranched alkanes of at least 4 members (excludes halogenated alkanes) is 1. The number of alkyl halides is 1. The molecule has 0 saturated carbocycles. The highest BCUT2D eigenvalue weighted by molar-refractivity contribution is 9.09. The van der Waals surface area contributed by atoms with Crippen molar-refractivity contribution < 1.29 is 4.79 Å². The van der Waals surface area contributed by atoms with Gasteiger partial charge in [0.05, 0.1) is 5.69 Å². The van der Waals surface area contributed by atoms with Crippen molar-refractivity contribution in [3.63, 3.8) is 0 Å². The number of carbonyl (C=O) groups is 1. The van der Waals surface area contributed by atoms with Crippen LogP contribution in [0.4, 0.5) is 5.69 Å². The summed E-state index contributed by atoms with van der Waals surface area (Å²) in [5, 5.41) is 4.05. The molecule has 0 unspecified atom stereocenters. The summed E-state index contributed by atoms with van der Waals surface area (Å²) < 4.78 is 0. The number of rotatable bonds is 5. The first-order chi connectivity index (χ1) is 7.65. The largest absolute Gasteiger partial charge is 0.323 e. The Balaban J connectivity index is 2.56. The molecular weight excluding hydrogens is 291 g/mol. The predicted molar refractivity (Wildman–Crippen MR) is 70.3 cm³/mol. The molecule has 0 fully saturated rings. The van der Waals surface area contributed by atoms with Crippen LogP contribution in [-0.2, 0) is 4.79 Å². The first-order valence-electron chi connectivity index (χ1n) is 5.12. The fraction of sp³-hybridized carbons (Fsp3) is 0.455. The molecule has 0 aliphatic rings. The molecule has 1 rings (SSSR count). The second-order valence-corrected chi connectivity index (χ2v) is 4.64. The molecule has 0 bridgehead atoms. The normalized spacial score (nSPS) is 10.2. The quantitative estimate of drug-likeness (QED) is 0.513. The van der Waals surface area contributed by atoms with Crippen molar-refractivity contribution in [2.45, 2.75) is 26.2 Å². The van der Waals surface area contributed by atoms with E-state index in [0.717, 1.165) is 23.7 Å². The van der Waals surface area contributed by atoms with Crippen LogP contribution in [0, 0.1) is 6.92 Å². The maximum absolute atomic E-state index is 11.6. The Morgan fingerprint density at radius 1 is 1.56 bits per heavy atom. The van der Waals surface area contributed by atoms with Gasteiger partial charge in [-0.1, -0.05) is 27.5 Å². The second kappa shape index (κ2) is 6.86. The molecule has 0 aliphatic heterocycles. The van der Waals surface area contributed by atoms with Crippen molar-refractivity contribution in [3.05, 3.63) is 23.0 Å². The summed E-state index contributed by atoms with van der Waals surface area (Å²) in [6.07, 6.45) is 4.00. The summed E-state index contributed by atoms with van der Waals surface area (Å²) in [7, 11) is 0. The molecule has 0 aromatic carbocycles. The van der Waals surface area contributed by atoms with E-state index in [-0.39, 0.29) is 5.91 Å². The topological polar surface area (TPSA) is 42.0 Å². The standard InChI is InChI=1S/C11H14BrClN2O/c1-8-5-7-14-11(13)10(8)15-9(16)4-2-3-6-12/h5,7H,2-4,6H2,1H3,(H,15,16). The Kier molecular flexibility index (Phi) is 5.77. The molecule has 0 atom stereocenters. The van der Waals surface area contributed by atoms with Crippen LogP contribution in [-0.4, -0.2) is 16.2 Å². The fourth-order valence-electron chi connectivity index (χ4n) is 1.26. The molecule has 88 valence electrons. The van der Waals surface area contributed by atoms with E-state index in [0.29, 0.717) is 17.3 Å². The SMILES string of the molecule is Cc1ccnc(Cl)c1NC(=O)CCCCBr. The van der Waals surface area contributed by atoms with E-state index in [1.165, 1.54) is 0 Å². The third-order valence-corrected chi connectivity index (χ3v) is 3.01. The third kappa shape index (κ3) is 4.10. The van der Waals surface area contributed by atoms with Gasteiger partial charge >= 0.3 is 0 Å². The third-order valence-electron chi connectivity index (χ3n) is 2.16. The van der Waals surface area contributed by atoms with Crippen LogP contribution in [0.2, 0.25) is 5.15 Å². The highest BCUT2D eigenvalue weighted by Crippen LogP contribution is 2.22. The van der Waals surface area contributed by atoms with Crippen LogP contribution in [0.3, 0.4) is 0 Å². The zero-order chi connectivity index (χ0) is 12.0. The maximum Gasteiger partial charge on any atom is 0.224 e. The van der Waals surface area contributed by atoms with Crippen molar-refractivity contribution in [1.29, 1.82) is 0 Å². The molecule has 1 aromatic rings. The van der Waals surface area contributed by atoms with Gasteiger partial charge in [0.25, 0.3) is 0 Å². The lowest BCUT2D eigenvalue weighted by Crippen LogP contribution is -2.12. The van der Waals surface area contributed by atoms with Crippen LogP contribution >= 0.6 is 27.5 Å². The molecular formula is C11H14BrClN2O. The monoisotopic (exact) mass is 304 g/mol. The number of anilines is 1. The van der Waals surface area contributed by atoms with Crippen LogP contribution in [0.15, 0.2) is 12.3 Å². The summed E-state index contributed by atoms with van der Waals surface area (Å²) >= 11 is 9.23. The number of nitrogens with one attached hydrogen (secondary N) is 1. The molecule has 16 heavy (non-hydrogen) atoms. The lowest BCUT2D eigenvalue weighted by atomic mass is 10.2. The summed E-state index contributed by atoms with van der Waals surface area (Å²) in [4.78, 5) is 15.5. The Bertz CT molecular complexity index is 351. The fourth-order valence-corrected chi connectivity index (χ4v) is 1.91. The van der Waals surface area contributed by atoms with E-state index in [1.807, 2.05) is 13.0 Å². The highest BCUT2D eigenvalue weighted by Gasteiger charge is 2.08. The summed E-state index contributed by atoms with van der Waals surface area (Å²) in [5.74, 6) is -0.0149. The number of hydrogen-bond acceptors (Lipinski definition) is 2. The molecule has 0 saturated heterocycles. The average Bonchev–Trinajstić information content (AvgIpc) is 2.24. The van der Waals surface area contributed by atoms with Gasteiger partial charge in [-0.25, -0.2) is 4.98 Å². The summed E-state index contributed by atoms with van der Waals surface area (Å²) in [6.45, 7) is 1.89. The van der Waals surface area contributed by atoms with Crippen molar-refractivity contribution in [1.82, 2.24) is 4.98 Å². The zero-order valence-corrected chi connectivity index (χ0v) is 11.4. The number of pyridine rings is 1. The van der Waals surface area contributed by atoms with Gasteiger partial charge in [0, 0.05) is 17.9 Å². The van der Waals surface area contributed by atoms with E-state index >= 15 is 0 Å². The van der Waals surface area contributed by atoms with Gasteiger partial charge in [0.2, 0.25) is 5.91 Å². The molecule has 0 radical (unpaired) electrons. The minimum absolute atomic E-state index is 0.0149. The zero-order valence-electron chi connectivity index (χ0n) is 9.09. The van der Waals surface area contributed by atoms with Gasteiger partial charge in [-0.05, 0) is 31.4 Å². The molecule has 1 heterocycles. The lowest BCUT2D eigenvalue weighted by molar-refractivity contribution is -0.116. The molecule has 0 aliphatic carbocycles. The van der Waals surface area contributed by atoms with E-state index < -0.39 is 0 Å². The Hall–Kier alpha value is -0.610. The minimum atomic E-state index is -0.0149. The molecule has 1 N–H and O–H groups in total. The number of halogens is 2. The van der Waals surface area contributed by atoms with Crippen LogP contribution in [0.1, 0.15) is 24.8 Å². The van der Waals surface area contributed by atoms with Gasteiger partial charge in [-0.15, -0.1) is 0 Å². The van der Waals surface area contributed by atoms with E-state index in [1.54, 1.807) is 6.20 Å². The smallest absolute Gasteiger partial charge is 0.224 e. The molecule has 1 amide bonds. The van der Waals surface area contributed by atoms with Crippen molar-refractivity contribution in [3.8, 4) is 0 Å². The van der Waals surface area contributed by atoms with Crippen LogP contribution in [0.5, 0.6) is 0 Å². The second-order valence-electron chi connectivity index (χ2n) is 3.49. The highest BCUT2D eigenvalue weighted by atomic mass is 79.9. The van der Waals surface area contributed by atoms with E-state index in [4.69, 9.17) is 11.6 Å². The van der Waals surface area contributed by atoms with Crippen molar-refractivity contribution in [2.75, 3.05) is 10.6 Å². The molecule has 0 spiro atoms. The number of nitrogens with zero attached hydrogens (tertiary/aromatic N) is 1. The number of aromatic nitrogens is 1. The summed E-state index contributed by atoms with van der Waals surface area (Å²) in [6, 6.07) is 1.82. The first-order valence-corrected chi connectivity index (χ1v) is 6.62. The van der Waals surface area contributed by atoms with Crippen molar-refractivity contribution in [2.24, 2.45) is 0 Å². The van der Waals surface area contributed by atoms with Crippen LogP contribution < -0.4 is 5.32 Å². The minimum Gasteiger partial charge on any atom is -0.323 e. The molecule has 5 heteroatoms. The van der Waals surface area contributed by atoms with Gasteiger partial charge in [0.1, 0.15) is 0 Å². The van der Waals surface area contributed by atoms with Gasteiger partial charge < -0.3 is 5.32 Å². The number of hydrogen-bond donors (Lipinski definition) is 1. The predicted octanol–water partition coefficient (Wildman–Crippen LogP) is 3.55. The Morgan fingerprint density at radius 3 is 2.94 bits per heavy atom. The van der Waals surface area contributed by atoms with Gasteiger partial charge in [-0.3, -0.25) is 4.79 Å². The first kappa shape index (κ1) is 13.5. The van der Waals surface area contributed by atoms with E-state index in [9.17, 15) is 4.79 Å². The van der Waals surface area contributed by atoms with Crippen LogP contribution in [0.25, 0.3) is 0 Å². The molecule has 3 nitrogen and oxygen atoms in total. The Labute approximate surface area is 109 Å². The van der Waals surface area contributed by atoms with Crippen molar-refractivity contribution >= 4 is 39.1 Å². The number of amides is 1. The lowest BCUT2D eigenvalue weighted by Gasteiger charge is -2.08. The summed E-state index contributed by atoms with van der Waals surface area (Å²) in [5.41, 5.74) is 1.54. The average molecular weight is 306 g/mol. The van der Waals surface area contributed by atoms with Gasteiger partial charge in [0.15, 0.2) is 5.15 Å².